The summed E-state index contributed by atoms with van der Waals surface area (Å²) < 4.78 is 1.23. The molecule has 1 aromatic rings. The number of nitrogens with one attached hydrogen (secondary N) is 1. The Labute approximate surface area is 101 Å². The third-order valence-electron chi connectivity index (χ3n) is 2.36. The SMILES string of the molecule is O=C1CC[C@@H](C[Se]c2ccccc2Cl)N1. The van der Waals surface area contributed by atoms with Gasteiger partial charge in [-0.3, -0.25) is 0 Å². The molecular formula is C11H12ClNOSe. The number of halogens is 1. The fraction of sp³-hybridized carbons (Fsp3) is 0.364. The first-order chi connectivity index (χ1) is 7.25. The summed E-state index contributed by atoms with van der Waals surface area (Å²) in [5, 5.41) is 4.87. The van der Waals surface area contributed by atoms with Gasteiger partial charge in [0.1, 0.15) is 0 Å². The van der Waals surface area contributed by atoms with E-state index in [1.54, 1.807) is 0 Å². The van der Waals surface area contributed by atoms with E-state index in [-0.39, 0.29) is 5.91 Å². The Morgan fingerprint density at radius 2 is 2.27 bits per heavy atom. The molecule has 0 aromatic heterocycles. The van der Waals surface area contributed by atoms with Crippen LogP contribution in [-0.4, -0.2) is 26.9 Å². The third kappa shape index (κ3) is 2.97. The molecule has 1 fully saturated rings. The van der Waals surface area contributed by atoms with Crippen molar-refractivity contribution in [3.05, 3.63) is 29.3 Å². The Morgan fingerprint density at radius 3 is 2.93 bits per heavy atom. The van der Waals surface area contributed by atoms with Gasteiger partial charge in [0.05, 0.1) is 0 Å². The molecule has 0 bridgehead atoms. The minimum absolute atomic E-state index is 0.190. The number of amides is 1. The normalized spacial score (nSPS) is 20.3. The maximum absolute atomic E-state index is 11.0. The van der Waals surface area contributed by atoms with Crippen molar-refractivity contribution in [3.63, 3.8) is 0 Å². The molecule has 1 aliphatic heterocycles. The van der Waals surface area contributed by atoms with Gasteiger partial charge < -0.3 is 0 Å². The number of benzene rings is 1. The van der Waals surface area contributed by atoms with Crippen molar-refractivity contribution < 1.29 is 4.79 Å². The number of hydrogen-bond donors (Lipinski definition) is 1. The van der Waals surface area contributed by atoms with Crippen LogP contribution in [0.5, 0.6) is 0 Å². The van der Waals surface area contributed by atoms with Crippen LogP contribution in [0.3, 0.4) is 0 Å². The van der Waals surface area contributed by atoms with Crippen molar-refractivity contribution in [1.29, 1.82) is 0 Å². The molecule has 2 nitrogen and oxygen atoms in total. The molecule has 1 aromatic carbocycles. The number of carbonyl (C=O) groups is 1. The van der Waals surface area contributed by atoms with Crippen LogP contribution in [0.25, 0.3) is 0 Å². The van der Waals surface area contributed by atoms with Gasteiger partial charge in [-0.2, -0.15) is 0 Å². The van der Waals surface area contributed by atoms with Crippen LogP contribution in [0.4, 0.5) is 0 Å². The summed E-state index contributed by atoms with van der Waals surface area (Å²) in [6.45, 7) is 0. The van der Waals surface area contributed by atoms with Crippen LogP contribution < -0.4 is 9.78 Å². The zero-order chi connectivity index (χ0) is 10.7. The summed E-state index contributed by atoms with van der Waals surface area (Å²) in [4.78, 5) is 11.0. The van der Waals surface area contributed by atoms with Crippen LogP contribution in [0.1, 0.15) is 12.8 Å². The van der Waals surface area contributed by atoms with Gasteiger partial charge in [0, 0.05) is 0 Å². The molecule has 15 heavy (non-hydrogen) atoms. The Morgan fingerprint density at radius 1 is 1.47 bits per heavy atom. The van der Waals surface area contributed by atoms with E-state index in [1.807, 2.05) is 18.2 Å². The van der Waals surface area contributed by atoms with E-state index in [2.05, 4.69) is 11.4 Å². The predicted octanol–water partition coefficient (Wildman–Crippen LogP) is 1.37. The van der Waals surface area contributed by atoms with Gasteiger partial charge in [-0.25, -0.2) is 0 Å². The summed E-state index contributed by atoms with van der Waals surface area (Å²) in [5.41, 5.74) is 0. The standard InChI is InChI=1S/C11H12ClNOSe/c12-9-3-1-2-4-10(9)15-7-8-5-6-11(14)13-8/h1-4,8H,5-7H2,(H,13,14)/t8-/m0/s1. The Kier molecular flexibility index (Phi) is 3.68. The van der Waals surface area contributed by atoms with Crippen LogP contribution in [0, 0.1) is 0 Å². The molecule has 2 rings (SSSR count). The Bertz CT molecular complexity index is 369. The molecule has 1 aliphatic rings. The minimum atomic E-state index is 0.190. The number of carbonyl (C=O) groups excluding carboxylic acids is 1. The predicted molar refractivity (Wildman–Crippen MR) is 62.8 cm³/mol. The van der Waals surface area contributed by atoms with Crippen molar-refractivity contribution in [2.45, 2.75) is 24.2 Å². The Balaban J connectivity index is 1.88. The van der Waals surface area contributed by atoms with Gasteiger partial charge in [-0.15, -0.1) is 0 Å². The van der Waals surface area contributed by atoms with Crippen LogP contribution >= 0.6 is 11.6 Å². The van der Waals surface area contributed by atoms with E-state index in [4.69, 9.17) is 11.6 Å². The average molecular weight is 289 g/mol. The third-order valence-corrected chi connectivity index (χ3v) is 5.54. The molecule has 4 heteroatoms. The summed E-state index contributed by atoms with van der Waals surface area (Å²) in [7, 11) is 0. The van der Waals surface area contributed by atoms with Crippen molar-refractivity contribution >= 4 is 36.9 Å². The molecule has 1 saturated heterocycles. The van der Waals surface area contributed by atoms with E-state index in [9.17, 15) is 4.79 Å². The van der Waals surface area contributed by atoms with Gasteiger partial charge >= 0.3 is 101 Å². The summed E-state index contributed by atoms with van der Waals surface area (Å²) in [5.74, 6) is 0.190. The summed E-state index contributed by atoms with van der Waals surface area (Å²) in [6, 6.07) is 8.31. The maximum atomic E-state index is 11.0. The van der Waals surface area contributed by atoms with Crippen molar-refractivity contribution in [2.75, 3.05) is 0 Å². The zero-order valence-electron chi connectivity index (χ0n) is 8.20. The molecule has 80 valence electrons. The molecule has 0 aliphatic carbocycles. The quantitative estimate of drug-likeness (QED) is 0.836. The van der Waals surface area contributed by atoms with Crippen molar-refractivity contribution in [3.8, 4) is 0 Å². The van der Waals surface area contributed by atoms with E-state index >= 15 is 0 Å². The van der Waals surface area contributed by atoms with Crippen LogP contribution in [0.2, 0.25) is 10.3 Å². The molecule has 1 amide bonds. The van der Waals surface area contributed by atoms with E-state index in [0.29, 0.717) is 27.4 Å². The first-order valence-electron chi connectivity index (χ1n) is 4.92. The number of rotatable bonds is 3. The molecule has 1 heterocycles. The van der Waals surface area contributed by atoms with Crippen molar-refractivity contribution in [1.82, 2.24) is 5.32 Å². The Hall–Kier alpha value is -0.501. The van der Waals surface area contributed by atoms with Crippen molar-refractivity contribution in [2.24, 2.45) is 0 Å². The van der Waals surface area contributed by atoms with E-state index in [1.165, 1.54) is 4.46 Å². The first-order valence-corrected chi connectivity index (χ1v) is 7.37. The van der Waals surface area contributed by atoms with Gasteiger partial charge in [-0.05, 0) is 0 Å². The molecule has 0 unspecified atom stereocenters. The molecule has 1 atom stereocenters. The van der Waals surface area contributed by atoms with Crippen LogP contribution in [0.15, 0.2) is 24.3 Å². The summed E-state index contributed by atoms with van der Waals surface area (Å²) >= 11 is 6.43. The van der Waals surface area contributed by atoms with E-state index in [0.717, 1.165) is 16.8 Å². The number of hydrogen-bond acceptors (Lipinski definition) is 1. The second-order valence-electron chi connectivity index (χ2n) is 3.54. The molecule has 1 N–H and O–H groups in total. The van der Waals surface area contributed by atoms with Crippen LogP contribution in [-0.2, 0) is 4.79 Å². The fourth-order valence-corrected chi connectivity index (χ4v) is 4.10. The zero-order valence-corrected chi connectivity index (χ0v) is 10.7. The van der Waals surface area contributed by atoms with Gasteiger partial charge in [0.25, 0.3) is 0 Å². The topological polar surface area (TPSA) is 29.1 Å². The van der Waals surface area contributed by atoms with Gasteiger partial charge in [-0.1, -0.05) is 0 Å². The van der Waals surface area contributed by atoms with Gasteiger partial charge in [0.2, 0.25) is 0 Å². The average Bonchev–Trinajstić information content (AvgIpc) is 2.63. The summed E-state index contributed by atoms with van der Waals surface area (Å²) in [6.07, 6.45) is 1.66. The molecule has 0 saturated carbocycles. The molecule has 0 radical (unpaired) electrons. The monoisotopic (exact) mass is 289 g/mol. The van der Waals surface area contributed by atoms with E-state index < -0.39 is 0 Å². The second kappa shape index (κ2) is 5.02. The molecule has 0 spiro atoms. The molecular weight excluding hydrogens is 277 g/mol. The fourth-order valence-electron chi connectivity index (χ4n) is 1.55. The van der Waals surface area contributed by atoms with Gasteiger partial charge in [0.15, 0.2) is 0 Å². The first kappa shape index (κ1) is 11.0. The second-order valence-corrected chi connectivity index (χ2v) is 6.18.